The lowest BCUT2D eigenvalue weighted by molar-refractivity contribution is -0.139. The largest absolute Gasteiger partial charge is 0.465 e. The number of thioether (sulfide) groups is 1. The van der Waals surface area contributed by atoms with Crippen molar-refractivity contribution in [1.82, 2.24) is 0 Å². The summed E-state index contributed by atoms with van der Waals surface area (Å²) in [6.07, 6.45) is 3.71. The molecule has 0 unspecified atom stereocenters. The Bertz CT molecular complexity index is 215. The molecule has 0 aliphatic heterocycles. The molecule has 0 heterocycles. The van der Waals surface area contributed by atoms with Gasteiger partial charge < -0.3 is 4.74 Å². The van der Waals surface area contributed by atoms with Crippen molar-refractivity contribution < 1.29 is 14.3 Å². The monoisotopic (exact) mass is 216 g/mol. The van der Waals surface area contributed by atoms with Gasteiger partial charge in [-0.05, 0) is 19.8 Å². The fourth-order valence-electron chi connectivity index (χ4n) is 1.50. The average molecular weight is 216 g/mol. The highest BCUT2D eigenvalue weighted by Gasteiger charge is 2.23. The minimum atomic E-state index is -0.212. The summed E-state index contributed by atoms with van der Waals surface area (Å²) in [6, 6.07) is 0. The third-order valence-electron chi connectivity index (χ3n) is 2.21. The second kappa shape index (κ2) is 6.06. The zero-order valence-electron chi connectivity index (χ0n) is 8.45. The van der Waals surface area contributed by atoms with E-state index in [9.17, 15) is 9.59 Å². The van der Waals surface area contributed by atoms with Crippen LogP contribution in [0.3, 0.4) is 0 Å². The first kappa shape index (κ1) is 11.6. The van der Waals surface area contributed by atoms with Crippen LogP contribution in [0.2, 0.25) is 0 Å². The third-order valence-corrected chi connectivity index (χ3v) is 3.51. The molecular formula is C10H16O3S. The van der Waals surface area contributed by atoms with Crippen molar-refractivity contribution >= 4 is 23.5 Å². The fourth-order valence-corrected chi connectivity index (χ4v) is 2.56. The number of hydrogen-bond acceptors (Lipinski definition) is 4. The van der Waals surface area contributed by atoms with Gasteiger partial charge in [-0.1, -0.05) is 6.42 Å². The Kier molecular flexibility index (Phi) is 5.01. The van der Waals surface area contributed by atoms with E-state index in [2.05, 4.69) is 0 Å². The lowest BCUT2D eigenvalue weighted by Crippen LogP contribution is -2.23. The minimum absolute atomic E-state index is 0.0353. The maximum absolute atomic E-state index is 11.4. The Morgan fingerprint density at radius 1 is 1.57 bits per heavy atom. The van der Waals surface area contributed by atoms with Gasteiger partial charge in [0.2, 0.25) is 0 Å². The van der Waals surface area contributed by atoms with Gasteiger partial charge in [-0.3, -0.25) is 9.59 Å². The molecular weight excluding hydrogens is 200 g/mol. The van der Waals surface area contributed by atoms with Crippen LogP contribution in [-0.4, -0.2) is 29.4 Å². The van der Waals surface area contributed by atoms with Crippen LogP contribution < -0.4 is 0 Å². The number of ether oxygens (including phenoxy) is 1. The van der Waals surface area contributed by atoms with Crippen molar-refractivity contribution in [3.05, 3.63) is 0 Å². The van der Waals surface area contributed by atoms with E-state index < -0.39 is 0 Å². The van der Waals surface area contributed by atoms with Crippen LogP contribution in [0, 0.1) is 0 Å². The highest BCUT2D eigenvalue weighted by molar-refractivity contribution is 8.01. The number of Topliss-reactive ketones (excluding diaryl/α,β-unsaturated/α-hetero) is 1. The van der Waals surface area contributed by atoms with Gasteiger partial charge in [0.05, 0.1) is 17.6 Å². The molecule has 0 saturated heterocycles. The third kappa shape index (κ3) is 3.70. The van der Waals surface area contributed by atoms with Crippen molar-refractivity contribution in [3.63, 3.8) is 0 Å². The normalized spacial score (nSPS) is 22.1. The van der Waals surface area contributed by atoms with Gasteiger partial charge in [0.15, 0.2) is 0 Å². The molecule has 1 rings (SSSR count). The maximum atomic E-state index is 11.4. The van der Waals surface area contributed by atoms with Crippen LogP contribution >= 0.6 is 11.8 Å². The molecule has 1 aliphatic carbocycles. The van der Waals surface area contributed by atoms with E-state index in [4.69, 9.17) is 4.74 Å². The van der Waals surface area contributed by atoms with Gasteiger partial charge in [-0.15, -0.1) is 11.8 Å². The Balaban J connectivity index is 2.22. The molecule has 14 heavy (non-hydrogen) atoms. The smallest absolute Gasteiger partial charge is 0.315 e. The number of rotatable bonds is 4. The van der Waals surface area contributed by atoms with E-state index in [-0.39, 0.29) is 11.2 Å². The first-order chi connectivity index (χ1) is 6.74. The second-order valence-electron chi connectivity index (χ2n) is 3.32. The summed E-state index contributed by atoms with van der Waals surface area (Å²) in [5, 5.41) is 0.0353. The molecule has 0 bridgehead atoms. The number of esters is 1. The molecule has 0 radical (unpaired) electrons. The number of hydrogen-bond donors (Lipinski definition) is 0. The minimum Gasteiger partial charge on any atom is -0.465 e. The van der Waals surface area contributed by atoms with Crippen molar-refractivity contribution in [2.75, 3.05) is 12.4 Å². The van der Waals surface area contributed by atoms with E-state index in [1.165, 1.54) is 11.8 Å². The highest BCUT2D eigenvalue weighted by Crippen LogP contribution is 2.25. The lowest BCUT2D eigenvalue weighted by atomic mass is 9.99. The predicted octanol–water partition coefficient (Wildman–Crippen LogP) is 1.79. The van der Waals surface area contributed by atoms with Crippen molar-refractivity contribution in [3.8, 4) is 0 Å². The summed E-state index contributed by atoms with van der Waals surface area (Å²) in [5.41, 5.74) is 0. The molecule has 0 spiro atoms. The maximum Gasteiger partial charge on any atom is 0.315 e. The zero-order valence-corrected chi connectivity index (χ0v) is 9.27. The number of ketones is 1. The van der Waals surface area contributed by atoms with Crippen LogP contribution in [-0.2, 0) is 14.3 Å². The molecule has 0 amide bonds. The molecule has 0 aromatic rings. The van der Waals surface area contributed by atoms with E-state index in [1.807, 2.05) is 0 Å². The SMILES string of the molecule is CCOC(=O)CS[C@H]1CCCCC1=O. The fraction of sp³-hybridized carbons (Fsp3) is 0.800. The Morgan fingerprint density at radius 2 is 2.36 bits per heavy atom. The molecule has 0 aromatic heterocycles. The quantitative estimate of drug-likeness (QED) is 0.672. The molecule has 1 saturated carbocycles. The van der Waals surface area contributed by atoms with Gasteiger partial charge in [-0.2, -0.15) is 0 Å². The summed E-state index contributed by atoms with van der Waals surface area (Å²) in [5.74, 6) is 0.394. The van der Waals surface area contributed by atoms with Gasteiger partial charge >= 0.3 is 5.97 Å². The summed E-state index contributed by atoms with van der Waals surface area (Å²) < 4.78 is 4.80. The van der Waals surface area contributed by atoms with Crippen molar-refractivity contribution in [2.45, 2.75) is 37.9 Å². The molecule has 1 atom stereocenters. The van der Waals surface area contributed by atoms with Crippen molar-refractivity contribution in [1.29, 1.82) is 0 Å². The number of carbonyl (C=O) groups excluding carboxylic acids is 2. The molecule has 1 fully saturated rings. The van der Waals surface area contributed by atoms with Gasteiger partial charge in [0.1, 0.15) is 5.78 Å². The topological polar surface area (TPSA) is 43.4 Å². The first-order valence-corrected chi connectivity index (χ1v) is 6.09. The molecule has 80 valence electrons. The van der Waals surface area contributed by atoms with Gasteiger partial charge in [0, 0.05) is 6.42 Å². The van der Waals surface area contributed by atoms with Crippen LogP contribution in [0.15, 0.2) is 0 Å². The second-order valence-corrected chi connectivity index (χ2v) is 4.51. The first-order valence-electron chi connectivity index (χ1n) is 5.04. The summed E-state index contributed by atoms with van der Waals surface area (Å²) in [4.78, 5) is 22.4. The molecule has 0 aromatic carbocycles. The summed E-state index contributed by atoms with van der Waals surface area (Å²) in [7, 11) is 0. The average Bonchev–Trinajstić information content (AvgIpc) is 2.17. The lowest BCUT2D eigenvalue weighted by Gasteiger charge is -2.19. The summed E-state index contributed by atoms with van der Waals surface area (Å²) in [6.45, 7) is 2.20. The number of carbonyl (C=O) groups is 2. The molecule has 1 aliphatic rings. The van der Waals surface area contributed by atoms with Crippen LogP contribution in [0.25, 0.3) is 0 Å². The molecule has 3 nitrogen and oxygen atoms in total. The molecule has 4 heteroatoms. The standard InChI is InChI=1S/C10H16O3S/c1-2-13-10(12)7-14-9-6-4-3-5-8(9)11/h9H,2-7H2,1H3/t9-/m0/s1. The Morgan fingerprint density at radius 3 is 3.00 bits per heavy atom. The zero-order chi connectivity index (χ0) is 10.4. The highest BCUT2D eigenvalue weighted by atomic mass is 32.2. The van der Waals surface area contributed by atoms with E-state index in [0.29, 0.717) is 24.6 Å². The Labute approximate surface area is 88.6 Å². The summed E-state index contributed by atoms with van der Waals surface area (Å²) >= 11 is 1.43. The van der Waals surface area contributed by atoms with E-state index in [1.54, 1.807) is 6.92 Å². The van der Waals surface area contributed by atoms with Gasteiger partial charge in [-0.25, -0.2) is 0 Å². The molecule has 0 N–H and O–H groups in total. The van der Waals surface area contributed by atoms with Crippen molar-refractivity contribution in [2.24, 2.45) is 0 Å². The van der Waals surface area contributed by atoms with E-state index >= 15 is 0 Å². The van der Waals surface area contributed by atoms with Gasteiger partial charge in [0.25, 0.3) is 0 Å². The van der Waals surface area contributed by atoms with E-state index in [0.717, 1.165) is 19.3 Å². The van der Waals surface area contributed by atoms with Crippen LogP contribution in [0.5, 0.6) is 0 Å². The predicted molar refractivity (Wildman–Crippen MR) is 56.4 cm³/mol. The van der Waals surface area contributed by atoms with Crippen LogP contribution in [0.4, 0.5) is 0 Å². The Hall–Kier alpha value is -0.510. The van der Waals surface area contributed by atoms with Crippen LogP contribution in [0.1, 0.15) is 32.6 Å².